The van der Waals surface area contributed by atoms with Gasteiger partial charge in [-0.2, -0.15) is 10.2 Å². The third-order valence-corrected chi connectivity index (χ3v) is 2.66. The Labute approximate surface area is 108 Å². The van der Waals surface area contributed by atoms with Crippen LogP contribution in [-0.4, -0.2) is 30.4 Å². The number of nitrogens with one attached hydrogen (secondary N) is 1. The summed E-state index contributed by atoms with van der Waals surface area (Å²) in [6.07, 6.45) is 1.65. The van der Waals surface area contributed by atoms with Gasteiger partial charge in [-0.3, -0.25) is 24.3 Å². The number of aryl methyl sites for hydroxylation is 2. The fourth-order valence-corrected chi connectivity index (χ4v) is 1.63. The van der Waals surface area contributed by atoms with E-state index in [9.17, 15) is 14.9 Å². The molecule has 0 bridgehead atoms. The lowest BCUT2D eigenvalue weighted by atomic mass is 10.3. The summed E-state index contributed by atoms with van der Waals surface area (Å²) in [6.45, 7) is 1.53. The number of anilines is 1. The number of aromatic nitrogens is 4. The topological polar surface area (TPSA) is 108 Å². The number of nitrogens with zero attached hydrogens (tertiary/aromatic N) is 5. The molecule has 0 aromatic carbocycles. The van der Waals surface area contributed by atoms with Gasteiger partial charge in [0.25, 0.3) is 5.91 Å². The molecule has 100 valence electrons. The lowest BCUT2D eigenvalue weighted by Gasteiger charge is -1.98. The first-order valence-corrected chi connectivity index (χ1v) is 5.39. The second kappa shape index (κ2) is 4.52. The first kappa shape index (κ1) is 12.7. The first-order valence-electron chi connectivity index (χ1n) is 5.39. The van der Waals surface area contributed by atoms with E-state index in [1.807, 2.05) is 0 Å². The van der Waals surface area contributed by atoms with E-state index in [2.05, 4.69) is 15.5 Å². The average Bonchev–Trinajstić information content (AvgIpc) is 2.84. The molecule has 9 nitrogen and oxygen atoms in total. The molecule has 0 unspecified atom stereocenters. The van der Waals surface area contributed by atoms with Crippen LogP contribution in [0.25, 0.3) is 0 Å². The minimum atomic E-state index is -0.658. The molecule has 0 aliphatic heterocycles. The Hall–Kier alpha value is -2.71. The second-order valence-corrected chi connectivity index (χ2v) is 3.99. The molecule has 2 aromatic heterocycles. The highest BCUT2D eigenvalue weighted by Gasteiger charge is 2.29. The quantitative estimate of drug-likeness (QED) is 0.645. The van der Waals surface area contributed by atoms with Crippen LogP contribution in [0.1, 0.15) is 16.2 Å². The van der Waals surface area contributed by atoms with Crippen molar-refractivity contribution in [3.63, 3.8) is 0 Å². The highest BCUT2D eigenvalue weighted by Crippen LogP contribution is 2.22. The molecule has 0 fully saturated rings. The van der Waals surface area contributed by atoms with Crippen LogP contribution < -0.4 is 5.32 Å². The van der Waals surface area contributed by atoms with E-state index in [0.29, 0.717) is 11.5 Å². The Balaban J connectivity index is 2.34. The maximum absolute atomic E-state index is 12.0. The molecule has 2 rings (SSSR count). The van der Waals surface area contributed by atoms with Gasteiger partial charge in [-0.25, -0.2) is 0 Å². The van der Waals surface area contributed by atoms with Gasteiger partial charge < -0.3 is 5.32 Å². The summed E-state index contributed by atoms with van der Waals surface area (Å²) in [7, 11) is 3.24. The first-order chi connectivity index (χ1) is 8.90. The molecule has 9 heteroatoms. The van der Waals surface area contributed by atoms with E-state index in [1.54, 1.807) is 26.4 Å². The van der Waals surface area contributed by atoms with Crippen molar-refractivity contribution in [3.8, 4) is 0 Å². The Morgan fingerprint density at radius 3 is 2.63 bits per heavy atom. The Kier molecular flexibility index (Phi) is 3.03. The normalized spacial score (nSPS) is 10.5. The van der Waals surface area contributed by atoms with Crippen molar-refractivity contribution < 1.29 is 9.72 Å². The molecule has 0 radical (unpaired) electrons. The standard InChI is InChI=1S/C10H12N6O3/c1-6-9(16(18)19)8(13-15(6)3)10(17)11-7-4-5-14(2)12-7/h4-5H,1-3H3,(H,11,12,17). The number of rotatable bonds is 3. The van der Waals surface area contributed by atoms with Crippen molar-refractivity contribution in [2.45, 2.75) is 6.92 Å². The molecule has 0 aliphatic rings. The second-order valence-electron chi connectivity index (χ2n) is 3.99. The van der Waals surface area contributed by atoms with Crippen LogP contribution in [0.15, 0.2) is 12.3 Å². The Morgan fingerprint density at radius 1 is 1.42 bits per heavy atom. The fraction of sp³-hybridized carbons (Fsp3) is 0.300. The summed E-state index contributed by atoms with van der Waals surface area (Å²) in [5.41, 5.74) is -0.206. The minimum absolute atomic E-state index is 0.226. The highest BCUT2D eigenvalue weighted by molar-refractivity contribution is 6.05. The van der Waals surface area contributed by atoms with E-state index in [-0.39, 0.29) is 11.4 Å². The molecule has 0 aliphatic carbocycles. The molecule has 2 heterocycles. The molecular weight excluding hydrogens is 252 g/mol. The fourth-order valence-electron chi connectivity index (χ4n) is 1.63. The molecule has 0 saturated heterocycles. The van der Waals surface area contributed by atoms with Crippen LogP contribution >= 0.6 is 0 Å². The lowest BCUT2D eigenvalue weighted by molar-refractivity contribution is -0.385. The van der Waals surface area contributed by atoms with Gasteiger partial charge in [0, 0.05) is 26.4 Å². The summed E-state index contributed by atoms with van der Waals surface area (Å²) in [4.78, 5) is 22.3. The van der Waals surface area contributed by atoms with Crippen LogP contribution in [0, 0.1) is 17.0 Å². The molecule has 1 amide bonds. The largest absolute Gasteiger partial charge is 0.322 e. The monoisotopic (exact) mass is 264 g/mol. The van der Waals surface area contributed by atoms with E-state index in [1.165, 1.54) is 16.3 Å². The van der Waals surface area contributed by atoms with Crippen LogP contribution in [0.3, 0.4) is 0 Å². The lowest BCUT2D eigenvalue weighted by Crippen LogP contribution is -2.15. The van der Waals surface area contributed by atoms with E-state index < -0.39 is 10.8 Å². The Morgan fingerprint density at radius 2 is 2.11 bits per heavy atom. The van der Waals surface area contributed by atoms with Crippen molar-refractivity contribution in [2.24, 2.45) is 14.1 Å². The van der Waals surface area contributed by atoms with Gasteiger partial charge in [0.05, 0.1) is 4.92 Å². The number of hydrogen-bond acceptors (Lipinski definition) is 5. The maximum Gasteiger partial charge on any atom is 0.322 e. The van der Waals surface area contributed by atoms with Crippen LogP contribution in [0.2, 0.25) is 0 Å². The van der Waals surface area contributed by atoms with Gasteiger partial charge in [0.1, 0.15) is 5.69 Å². The van der Waals surface area contributed by atoms with Crippen LogP contribution in [0.4, 0.5) is 11.5 Å². The summed E-state index contributed by atoms with van der Waals surface area (Å²) < 4.78 is 2.80. The zero-order chi connectivity index (χ0) is 14.2. The van der Waals surface area contributed by atoms with Gasteiger partial charge in [-0.1, -0.05) is 0 Å². The zero-order valence-corrected chi connectivity index (χ0v) is 10.6. The van der Waals surface area contributed by atoms with Gasteiger partial charge in [0.2, 0.25) is 5.69 Å². The molecular formula is C10H12N6O3. The van der Waals surface area contributed by atoms with E-state index in [4.69, 9.17) is 0 Å². The molecule has 2 aromatic rings. The zero-order valence-electron chi connectivity index (χ0n) is 10.6. The molecule has 1 N–H and O–H groups in total. The molecule has 0 spiro atoms. The predicted molar refractivity (Wildman–Crippen MR) is 65.8 cm³/mol. The van der Waals surface area contributed by atoms with Crippen molar-refractivity contribution in [3.05, 3.63) is 33.8 Å². The predicted octanol–water partition coefficient (Wildman–Crippen LogP) is 0.623. The van der Waals surface area contributed by atoms with Crippen molar-refractivity contribution in [1.29, 1.82) is 0 Å². The molecule has 0 saturated carbocycles. The SMILES string of the molecule is Cc1c([N+](=O)[O-])c(C(=O)Nc2ccn(C)n2)nn1C. The Bertz CT molecular complexity index is 656. The van der Waals surface area contributed by atoms with Gasteiger partial charge in [0.15, 0.2) is 5.82 Å². The minimum Gasteiger partial charge on any atom is -0.303 e. The number of amides is 1. The van der Waals surface area contributed by atoms with Gasteiger partial charge in [-0.15, -0.1) is 0 Å². The third-order valence-electron chi connectivity index (χ3n) is 2.66. The number of nitro groups is 1. The van der Waals surface area contributed by atoms with E-state index in [0.717, 1.165) is 0 Å². The van der Waals surface area contributed by atoms with Crippen molar-refractivity contribution >= 4 is 17.4 Å². The summed E-state index contributed by atoms with van der Waals surface area (Å²) in [6, 6.07) is 1.58. The van der Waals surface area contributed by atoms with Crippen molar-refractivity contribution in [1.82, 2.24) is 19.6 Å². The molecule has 0 atom stereocenters. The summed E-state index contributed by atoms with van der Waals surface area (Å²) in [5.74, 6) is -0.348. The van der Waals surface area contributed by atoms with Crippen molar-refractivity contribution in [2.75, 3.05) is 5.32 Å². The van der Waals surface area contributed by atoms with Crippen LogP contribution in [0.5, 0.6) is 0 Å². The third kappa shape index (κ3) is 2.30. The smallest absolute Gasteiger partial charge is 0.303 e. The van der Waals surface area contributed by atoms with Gasteiger partial charge in [-0.05, 0) is 6.92 Å². The maximum atomic E-state index is 12.0. The summed E-state index contributed by atoms with van der Waals surface area (Å²) in [5, 5.41) is 21.3. The van der Waals surface area contributed by atoms with Gasteiger partial charge >= 0.3 is 5.69 Å². The molecule has 19 heavy (non-hydrogen) atoms. The highest BCUT2D eigenvalue weighted by atomic mass is 16.6. The van der Waals surface area contributed by atoms with E-state index >= 15 is 0 Å². The summed E-state index contributed by atoms with van der Waals surface area (Å²) >= 11 is 0. The average molecular weight is 264 g/mol. The van der Waals surface area contributed by atoms with Crippen LogP contribution in [-0.2, 0) is 14.1 Å². The number of hydrogen-bond donors (Lipinski definition) is 1. The number of carbonyl (C=O) groups is 1. The number of carbonyl (C=O) groups excluding carboxylic acids is 1.